The van der Waals surface area contributed by atoms with Crippen molar-refractivity contribution in [3.05, 3.63) is 54.4 Å². The van der Waals surface area contributed by atoms with Gasteiger partial charge in [0.1, 0.15) is 5.75 Å². The first kappa shape index (κ1) is 18.5. The smallest absolute Gasteiger partial charge is 0.192 e. The number of ether oxygens (including phenoxy) is 1. The highest BCUT2D eigenvalue weighted by Crippen LogP contribution is 2.35. The molecule has 1 aromatic carbocycles. The van der Waals surface area contributed by atoms with Crippen LogP contribution in [0.2, 0.25) is 0 Å². The summed E-state index contributed by atoms with van der Waals surface area (Å²) in [6, 6.07) is 12.1. The number of nitrogens with zero attached hydrogens (tertiary/aromatic N) is 4. The van der Waals surface area contributed by atoms with Crippen LogP contribution >= 0.6 is 11.8 Å². The molecule has 0 amide bonds. The summed E-state index contributed by atoms with van der Waals surface area (Å²) < 4.78 is 7.48. The number of hydrogen-bond acceptors (Lipinski definition) is 5. The Labute approximate surface area is 158 Å². The van der Waals surface area contributed by atoms with Gasteiger partial charge in [-0.15, -0.1) is 10.2 Å². The molecule has 0 saturated carbocycles. The first-order valence-electron chi connectivity index (χ1n) is 8.87. The molecule has 0 saturated heterocycles. The van der Waals surface area contributed by atoms with E-state index in [0.717, 1.165) is 41.7 Å². The fourth-order valence-corrected chi connectivity index (χ4v) is 3.71. The largest absolute Gasteiger partial charge is 0.497 e. The number of hydrogen-bond donors (Lipinski definition) is 0. The van der Waals surface area contributed by atoms with E-state index >= 15 is 0 Å². The van der Waals surface area contributed by atoms with Gasteiger partial charge in [-0.05, 0) is 55.3 Å². The molecule has 0 spiro atoms. The zero-order valence-corrected chi connectivity index (χ0v) is 16.2. The molecule has 0 radical (unpaired) electrons. The van der Waals surface area contributed by atoms with Crippen LogP contribution in [0.15, 0.2) is 53.9 Å². The molecule has 6 heteroatoms. The van der Waals surface area contributed by atoms with Crippen LogP contribution in [0.25, 0.3) is 11.4 Å². The van der Waals surface area contributed by atoms with Crippen LogP contribution in [0, 0.1) is 0 Å². The van der Waals surface area contributed by atoms with Gasteiger partial charge in [0, 0.05) is 29.8 Å². The van der Waals surface area contributed by atoms with Crippen molar-refractivity contribution in [2.24, 2.45) is 0 Å². The first-order valence-corrected chi connectivity index (χ1v) is 9.75. The molecular formula is C20H24N4OS. The molecule has 3 rings (SSSR count). The molecule has 1 atom stereocenters. The molecule has 2 aromatic heterocycles. The Morgan fingerprint density at radius 2 is 1.81 bits per heavy atom. The number of pyridine rings is 1. The molecule has 26 heavy (non-hydrogen) atoms. The predicted molar refractivity (Wildman–Crippen MR) is 105 cm³/mol. The Morgan fingerprint density at radius 3 is 2.46 bits per heavy atom. The van der Waals surface area contributed by atoms with E-state index < -0.39 is 0 Å². The second kappa shape index (κ2) is 8.85. The second-order valence-electron chi connectivity index (χ2n) is 6.08. The van der Waals surface area contributed by atoms with Gasteiger partial charge in [-0.1, -0.05) is 25.1 Å². The number of rotatable bonds is 8. The number of benzene rings is 1. The van der Waals surface area contributed by atoms with E-state index in [1.165, 1.54) is 5.56 Å². The Kier molecular flexibility index (Phi) is 6.28. The second-order valence-corrected chi connectivity index (χ2v) is 7.39. The summed E-state index contributed by atoms with van der Waals surface area (Å²) >= 11 is 1.73. The minimum atomic E-state index is 0.284. The summed E-state index contributed by atoms with van der Waals surface area (Å²) in [6.07, 6.45) is 5.89. The Bertz CT molecular complexity index is 818. The van der Waals surface area contributed by atoms with Crippen molar-refractivity contribution in [2.75, 3.05) is 7.11 Å². The average molecular weight is 369 g/mol. The minimum absolute atomic E-state index is 0.284. The molecule has 1 unspecified atom stereocenters. The first-order chi connectivity index (χ1) is 12.7. The van der Waals surface area contributed by atoms with Gasteiger partial charge in [-0.2, -0.15) is 0 Å². The maximum absolute atomic E-state index is 5.25. The van der Waals surface area contributed by atoms with Crippen molar-refractivity contribution >= 4 is 11.8 Å². The third kappa shape index (κ3) is 4.25. The molecule has 0 aliphatic carbocycles. The molecule has 0 aliphatic heterocycles. The molecule has 0 N–H and O–H groups in total. The van der Waals surface area contributed by atoms with Crippen LogP contribution in [0.3, 0.4) is 0 Å². The summed E-state index contributed by atoms with van der Waals surface area (Å²) in [4.78, 5) is 4.10. The van der Waals surface area contributed by atoms with Gasteiger partial charge in [0.15, 0.2) is 11.0 Å². The molecule has 5 nitrogen and oxygen atoms in total. The van der Waals surface area contributed by atoms with Crippen LogP contribution < -0.4 is 4.74 Å². The van der Waals surface area contributed by atoms with Gasteiger partial charge in [0.25, 0.3) is 0 Å². The molecule has 2 heterocycles. The monoisotopic (exact) mass is 368 g/mol. The number of aromatic nitrogens is 4. The lowest BCUT2D eigenvalue weighted by Crippen LogP contribution is -2.03. The fourth-order valence-electron chi connectivity index (χ4n) is 2.71. The molecule has 0 aliphatic rings. The number of methoxy groups -OCH3 is 1. The van der Waals surface area contributed by atoms with Crippen molar-refractivity contribution in [1.82, 2.24) is 19.7 Å². The van der Waals surface area contributed by atoms with Crippen molar-refractivity contribution in [2.45, 2.75) is 43.6 Å². The van der Waals surface area contributed by atoms with E-state index in [-0.39, 0.29) is 5.25 Å². The normalized spacial score (nSPS) is 12.1. The highest BCUT2D eigenvalue weighted by Gasteiger charge is 2.17. The van der Waals surface area contributed by atoms with Gasteiger partial charge in [-0.25, -0.2) is 0 Å². The maximum atomic E-state index is 5.25. The quantitative estimate of drug-likeness (QED) is 0.524. The Morgan fingerprint density at radius 1 is 1.08 bits per heavy atom. The Hall–Kier alpha value is -2.34. The summed E-state index contributed by atoms with van der Waals surface area (Å²) in [7, 11) is 1.67. The molecule has 0 fully saturated rings. The number of thioether (sulfide) groups is 1. The topological polar surface area (TPSA) is 52.8 Å². The standard InChI is InChI=1S/C20H24N4OS/c1-4-5-14-24-19(17-6-8-18(25-3)9-7-17)22-23-20(24)26-15(2)16-10-12-21-13-11-16/h6-13,15H,4-5,14H2,1-3H3. The zero-order chi connectivity index (χ0) is 18.4. The van der Waals surface area contributed by atoms with Crippen molar-refractivity contribution in [1.29, 1.82) is 0 Å². The van der Waals surface area contributed by atoms with Crippen LogP contribution in [0.5, 0.6) is 5.75 Å². The third-order valence-electron chi connectivity index (χ3n) is 4.26. The lowest BCUT2D eigenvalue weighted by molar-refractivity contribution is 0.415. The zero-order valence-electron chi connectivity index (χ0n) is 15.4. The highest BCUT2D eigenvalue weighted by molar-refractivity contribution is 7.99. The van der Waals surface area contributed by atoms with Crippen LogP contribution in [-0.2, 0) is 6.54 Å². The van der Waals surface area contributed by atoms with E-state index in [4.69, 9.17) is 4.74 Å². The lowest BCUT2D eigenvalue weighted by Gasteiger charge is -2.13. The molecule has 0 bridgehead atoms. The van der Waals surface area contributed by atoms with Gasteiger partial charge in [0.05, 0.1) is 7.11 Å². The Balaban J connectivity index is 1.88. The van der Waals surface area contributed by atoms with Crippen molar-refractivity contribution in [3.63, 3.8) is 0 Å². The van der Waals surface area contributed by atoms with Crippen molar-refractivity contribution in [3.8, 4) is 17.1 Å². The summed E-state index contributed by atoms with van der Waals surface area (Å²) in [5.41, 5.74) is 2.29. The molecule has 3 aromatic rings. The van der Waals surface area contributed by atoms with E-state index in [1.54, 1.807) is 18.9 Å². The van der Waals surface area contributed by atoms with Crippen molar-refractivity contribution < 1.29 is 4.74 Å². The summed E-state index contributed by atoms with van der Waals surface area (Å²) in [6.45, 7) is 5.30. The third-order valence-corrected chi connectivity index (χ3v) is 5.40. The van der Waals surface area contributed by atoms with Gasteiger partial charge >= 0.3 is 0 Å². The van der Waals surface area contributed by atoms with E-state index in [2.05, 4.69) is 45.7 Å². The van der Waals surface area contributed by atoms with E-state index in [1.807, 2.05) is 36.7 Å². The lowest BCUT2D eigenvalue weighted by atomic mass is 10.2. The van der Waals surface area contributed by atoms with Crippen LogP contribution in [0.4, 0.5) is 0 Å². The predicted octanol–water partition coefficient (Wildman–Crippen LogP) is 5.00. The van der Waals surface area contributed by atoms with Gasteiger partial charge < -0.3 is 9.30 Å². The van der Waals surface area contributed by atoms with E-state index in [0.29, 0.717) is 0 Å². The van der Waals surface area contributed by atoms with Crippen LogP contribution in [0.1, 0.15) is 37.5 Å². The average Bonchev–Trinajstić information content (AvgIpc) is 3.09. The molecular weight excluding hydrogens is 344 g/mol. The molecule has 136 valence electrons. The van der Waals surface area contributed by atoms with E-state index in [9.17, 15) is 0 Å². The van der Waals surface area contributed by atoms with Gasteiger partial charge in [-0.3, -0.25) is 4.98 Å². The fraction of sp³-hybridized carbons (Fsp3) is 0.350. The van der Waals surface area contributed by atoms with Gasteiger partial charge in [0.2, 0.25) is 0 Å². The van der Waals surface area contributed by atoms with Crippen LogP contribution in [-0.4, -0.2) is 26.9 Å². The highest BCUT2D eigenvalue weighted by atomic mass is 32.2. The SMILES string of the molecule is CCCCn1c(SC(C)c2ccncc2)nnc1-c1ccc(OC)cc1. The summed E-state index contributed by atoms with van der Waals surface area (Å²) in [5.74, 6) is 1.75. The minimum Gasteiger partial charge on any atom is -0.497 e. The number of unbranched alkanes of at least 4 members (excludes halogenated alkanes) is 1. The maximum Gasteiger partial charge on any atom is 0.192 e. The summed E-state index contributed by atoms with van der Waals surface area (Å²) in [5, 5.41) is 10.2.